The highest BCUT2D eigenvalue weighted by Crippen LogP contribution is 2.44. The standard InChI is InChI=1S/C26H26O7/c1-13(2)6-7-15-23(30)22-19(29)12-21-14(8-9-26(3,4)33-21)25(22)32-24(15)16-10-17(27)18(28)11-20(16)31-5/h6,8-12,27-29H,7H2,1-5H3. The van der Waals surface area contributed by atoms with Gasteiger partial charge in [-0.1, -0.05) is 11.6 Å². The maximum atomic E-state index is 13.7. The van der Waals surface area contributed by atoms with Gasteiger partial charge in [-0.25, -0.2) is 0 Å². The Bertz CT molecular complexity index is 1390. The van der Waals surface area contributed by atoms with Crippen LogP contribution < -0.4 is 14.9 Å². The third-order valence-electron chi connectivity index (χ3n) is 5.52. The maximum Gasteiger partial charge on any atom is 0.200 e. The highest BCUT2D eigenvalue weighted by atomic mass is 16.5. The minimum atomic E-state index is -0.592. The molecule has 3 N–H and O–H groups in total. The summed E-state index contributed by atoms with van der Waals surface area (Å²) in [5, 5.41) is 30.9. The van der Waals surface area contributed by atoms with E-state index in [1.165, 1.54) is 25.3 Å². The van der Waals surface area contributed by atoms with Crippen LogP contribution in [-0.4, -0.2) is 28.0 Å². The highest BCUT2D eigenvalue weighted by Gasteiger charge is 2.28. The zero-order chi connectivity index (χ0) is 24.1. The first-order valence-electron chi connectivity index (χ1n) is 10.5. The third-order valence-corrected chi connectivity index (χ3v) is 5.52. The van der Waals surface area contributed by atoms with Gasteiger partial charge in [-0.2, -0.15) is 0 Å². The summed E-state index contributed by atoms with van der Waals surface area (Å²) < 4.78 is 17.6. The van der Waals surface area contributed by atoms with E-state index in [4.69, 9.17) is 13.9 Å². The number of ether oxygens (including phenoxy) is 2. The summed E-state index contributed by atoms with van der Waals surface area (Å²) in [7, 11) is 1.41. The second-order valence-corrected chi connectivity index (χ2v) is 8.82. The average molecular weight is 450 g/mol. The lowest BCUT2D eigenvalue weighted by Gasteiger charge is -2.28. The first-order valence-corrected chi connectivity index (χ1v) is 10.5. The molecule has 0 bridgehead atoms. The molecule has 1 aromatic heterocycles. The van der Waals surface area contributed by atoms with Crippen molar-refractivity contribution in [3.63, 3.8) is 0 Å². The fraction of sp³-hybridized carbons (Fsp3) is 0.269. The number of rotatable bonds is 4. The summed E-state index contributed by atoms with van der Waals surface area (Å²) in [6.07, 6.45) is 5.75. The first kappa shape index (κ1) is 22.3. The van der Waals surface area contributed by atoms with E-state index in [1.54, 1.807) is 6.08 Å². The average Bonchev–Trinajstić information content (AvgIpc) is 2.73. The molecular weight excluding hydrogens is 424 g/mol. The number of allylic oxidation sites excluding steroid dienone is 2. The lowest BCUT2D eigenvalue weighted by molar-refractivity contribution is 0.158. The van der Waals surface area contributed by atoms with Gasteiger partial charge in [0.2, 0.25) is 5.43 Å². The Labute approximate surface area is 190 Å². The number of fused-ring (bicyclic) bond motifs is 3. The van der Waals surface area contributed by atoms with Gasteiger partial charge >= 0.3 is 0 Å². The molecule has 7 heteroatoms. The Kier molecular flexibility index (Phi) is 5.36. The fourth-order valence-corrected chi connectivity index (χ4v) is 3.84. The van der Waals surface area contributed by atoms with Crippen molar-refractivity contribution in [2.24, 2.45) is 0 Å². The zero-order valence-corrected chi connectivity index (χ0v) is 19.1. The van der Waals surface area contributed by atoms with Crippen LogP contribution in [0.4, 0.5) is 0 Å². The van der Waals surface area contributed by atoms with Crippen LogP contribution >= 0.6 is 0 Å². The molecule has 0 aliphatic carbocycles. The Balaban J connectivity index is 2.13. The molecule has 0 spiro atoms. The van der Waals surface area contributed by atoms with Gasteiger partial charge in [0.1, 0.15) is 34.0 Å². The van der Waals surface area contributed by atoms with Crippen LogP contribution in [0.15, 0.2) is 45.1 Å². The van der Waals surface area contributed by atoms with Gasteiger partial charge in [0, 0.05) is 17.7 Å². The summed E-state index contributed by atoms with van der Waals surface area (Å²) in [5.41, 5.74) is 1.26. The molecule has 4 rings (SSSR count). The normalized spacial score (nSPS) is 14.0. The second kappa shape index (κ2) is 7.92. The van der Waals surface area contributed by atoms with E-state index in [0.717, 1.165) is 5.57 Å². The molecule has 0 saturated heterocycles. The molecule has 2 aromatic carbocycles. The number of hydrogen-bond donors (Lipinski definition) is 3. The molecule has 33 heavy (non-hydrogen) atoms. The highest BCUT2D eigenvalue weighted by molar-refractivity contribution is 5.95. The van der Waals surface area contributed by atoms with Gasteiger partial charge in [-0.15, -0.1) is 0 Å². The number of benzene rings is 2. The Morgan fingerprint density at radius 2 is 1.79 bits per heavy atom. The van der Waals surface area contributed by atoms with E-state index in [1.807, 2.05) is 39.8 Å². The molecule has 0 saturated carbocycles. The van der Waals surface area contributed by atoms with Crippen molar-refractivity contribution in [3.05, 3.63) is 57.3 Å². The van der Waals surface area contributed by atoms with E-state index >= 15 is 0 Å². The summed E-state index contributed by atoms with van der Waals surface area (Å²) in [6.45, 7) is 7.57. The van der Waals surface area contributed by atoms with Crippen LogP contribution in [-0.2, 0) is 6.42 Å². The minimum Gasteiger partial charge on any atom is -0.507 e. The number of phenolic OH excluding ortho intramolecular Hbond substituents is 3. The summed E-state index contributed by atoms with van der Waals surface area (Å²) in [4.78, 5) is 13.7. The summed E-state index contributed by atoms with van der Waals surface area (Å²) in [6, 6.07) is 3.97. The Hall–Kier alpha value is -3.87. The molecule has 172 valence electrons. The number of methoxy groups -OCH3 is 1. The summed E-state index contributed by atoms with van der Waals surface area (Å²) in [5.74, 6) is -0.215. The fourth-order valence-electron chi connectivity index (χ4n) is 3.84. The van der Waals surface area contributed by atoms with E-state index < -0.39 is 11.0 Å². The van der Waals surface area contributed by atoms with Crippen LogP contribution in [0.25, 0.3) is 28.4 Å². The number of hydrogen-bond acceptors (Lipinski definition) is 7. The molecule has 3 aromatic rings. The van der Waals surface area contributed by atoms with Crippen molar-refractivity contribution in [3.8, 4) is 40.1 Å². The molecular formula is C26H26O7. The van der Waals surface area contributed by atoms with Crippen molar-refractivity contribution < 1.29 is 29.2 Å². The van der Waals surface area contributed by atoms with Crippen LogP contribution in [0.1, 0.15) is 38.8 Å². The summed E-state index contributed by atoms with van der Waals surface area (Å²) >= 11 is 0. The van der Waals surface area contributed by atoms with Gasteiger partial charge < -0.3 is 29.2 Å². The molecule has 0 fully saturated rings. The van der Waals surface area contributed by atoms with Gasteiger partial charge in [0.25, 0.3) is 0 Å². The molecule has 1 aliphatic rings. The molecule has 7 nitrogen and oxygen atoms in total. The smallest absolute Gasteiger partial charge is 0.200 e. The monoisotopic (exact) mass is 450 g/mol. The second-order valence-electron chi connectivity index (χ2n) is 8.82. The predicted octanol–water partition coefficient (Wildman–Crippen LogP) is 5.28. The van der Waals surface area contributed by atoms with Gasteiger partial charge in [0.05, 0.1) is 18.2 Å². The predicted molar refractivity (Wildman–Crippen MR) is 126 cm³/mol. The van der Waals surface area contributed by atoms with E-state index in [9.17, 15) is 20.1 Å². The van der Waals surface area contributed by atoms with Gasteiger partial charge in [0.15, 0.2) is 17.1 Å². The van der Waals surface area contributed by atoms with E-state index in [-0.39, 0.29) is 51.7 Å². The minimum absolute atomic E-state index is 0.0459. The van der Waals surface area contributed by atoms with Gasteiger partial charge in [-0.05, 0) is 52.3 Å². The topological polar surface area (TPSA) is 109 Å². The van der Waals surface area contributed by atoms with E-state index in [0.29, 0.717) is 16.9 Å². The SMILES string of the molecule is COc1cc(O)c(O)cc1-c1oc2c3c(cc(O)c2c(=O)c1CC=C(C)C)OC(C)(C)C=C3. The van der Waals surface area contributed by atoms with Crippen molar-refractivity contribution in [1.82, 2.24) is 0 Å². The van der Waals surface area contributed by atoms with Crippen LogP contribution in [0.5, 0.6) is 28.7 Å². The van der Waals surface area contributed by atoms with Gasteiger partial charge in [-0.3, -0.25) is 4.79 Å². The molecule has 0 atom stereocenters. The number of phenols is 3. The number of aromatic hydroxyl groups is 3. The largest absolute Gasteiger partial charge is 0.507 e. The van der Waals surface area contributed by atoms with Crippen molar-refractivity contribution in [2.75, 3.05) is 7.11 Å². The molecule has 0 unspecified atom stereocenters. The first-order chi connectivity index (χ1) is 15.5. The molecule has 2 heterocycles. The van der Waals surface area contributed by atoms with Crippen LogP contribution in [0.2, 0.25) is 0 Å². The zero-order valence-electron chi connectivity index (χ0n) is 19.1. The lowest BCUT2D eigenvalue weighted by atomic mass is 9.96. The van der Waals surface area contributed by atoms with Crippen molar-refractivity contribution in [1.29, 1.82) is 0 Å². The van der Waals surface area contributed by atoms with E-state index in [2.05, 4.69) is 0 Å². The van der Waals surface area contributed by atoms with Crippen LogP contribution in [0, 0.1) is 0 Å². The maximum absolute atomic E-state index is 13.7. The van der Waals surface area contributed by atoms with Crippen LogP contribution in [0.3, 0.4) is 0 Å². The Morgan fingerprint density at radius 3 is 2.45 bits per heavy atom. The third kappa shape index (κ3) is 3.91. The van der Waals surface area contributed by atoms with Crippen molar-refractivity contribution >= 4 is 17.0 Å². The molecule has 1 aliphatic heterocycles. The molecule has 0 radical (unpaired) electrons. The lowest BCUT2D eigenvalue weighted by Crippen LogP contribution is -2.27. The molecule has 0 amide bonds. The Morgan fingerprint density at radius 1 is 1.09 bits per heavy atom. The van der Waals surface area contributed by atoms with Crippen molar-refractivity contribution in [2.45, 2.75) is 39.7 Å². The quantitative estimate of drug-likeness (QED) is 0.366.